The number of nitrogens with zero attached hydrogens (tertiary/aromatic N) is 2. The molecule has 1 saturated carbocycles. The van der Waals surface area contributed by atoms with Crippen LogP contribution in [0.5, 0.6) is 11.5 Å². The van der Waals surface area contributed by atoms with Crippen LogP contribution in [-0.2, 0) is 5.41 Å². The Hall–Kier alpha value is -4.06. The largest absolute Gasteiger partial charge is 0.497 e. The maximum atomic E-state index is 13.5. The second-order valence-electron chi connectivity index (χ2n) is 8.57. The van der Waals surface area contributed by atoms with Crippen LogP contribution in [0.2, 0.25) is 0 Å². The van der Waals surface area contributed by atoms with E-state index < -0.39 is 0 Å². The van der Waals surface area contributed by atoms with Crippen molar-refractivity contribution < 1.29 is 14.3 Å². The molecular formula is C28H27N3O3. The average molecular weight is 454 g/mol. The van der Waals surface area contributed by atoms with Gasteiger partial charge in [0.25, 0.3) is 5.91 Å². The minimum Gasteiger partial charge on any atom is -0.497 e. The zero-order valence-corrected chi connectivity index (χ0v) is 19.3. The van der Waals surface area contributed by atoms with E-state index in [0.29, 0.717) is 34.9 Å². The van der Waals surface area contributed by atoms with Crippen molar-refractivity contribution in [2.45, 2.75) is 18.3 Å². The molecule has 0 spiro atoms. The molecule has 1 aliphatic rings. The quantitative estimate of drug-likeness (QED) is 0.407. The topological polar surface area (TPSA) is 65.4 Å². The van der Waals surface area contributed by atoms with Gasteiger partial charge in [-0.3, -0.25) is 4.79 Å². The van der Waals surface area contributed by atoms with E-state index in [-0.39, 0.29) is 11.3 Å². The summed E-state index contributed by atoms with van der Waals surface area (Å²) in [6, 6.07) is 25.6. The minimum absolute atomic E-state index is 0.0141. The predicted octanol–water partition coefficient (Wildman–Crippen LogP) is 5.02. The summed E-state index contributed by atoms with van der Waals surface area (Å²) >= 11 is 0. The van der Waals surface area contributed by atoms with Gasteiger partial charge < -0.3 is 14.8 Å². The predicted molar refractivity (Wildman–Crippen MR) is 132 cm³/mol. The van der Waals surface area contributed by atoms with Crippen LogP contribution in [0.3, 0.4) is 0 Å². The maximum Gasteiger partial charge on any atom is 0.255 e. The summed E-state index contributed by atoms with van der Waals surface area (Å²) in [4.78, 5) is 13.5. The van der Waals surface area contributed by atoms with Crippen LogP contribution in [0.1, 0.15) is 28.8 Å². The third-order valence-electron chi connectivity index (χ3n) is 6.47. The van der Waals surface area contributed by atoms with E-state index in [2.05, 4.69) is 17.4 Å². The van der Waals surface area contributed by atoms with E-state index in [4.69, 9.17) is 14.6 Å². The molecule has 34 heavy (non-hydrogen) atoms. The van der Waals surface area contributed by atoms with Crippen LogP contribution < -0.4 is 14.8 Å². The Labute approximate surface area is 199 Å². The van der Waals surface area contributed by atoms with E-state index in [1.807, 2.05) is 66.7 Å². The van der Waals surface area contributed by atoms with Gasteiger partial charge in [-0.15, -0.1) is 0 Å². The van der Waals surface area contributed by atoms with Crippen molar-refractivity contribution >= 4 is 5.91 Å². The Kier molecular flexibility index (Phi) is 5.80. The Morgan fingerprint density at radius 1 is 0.971 bits per heavy atom. The lowest BCUT2D eigenvalue weighted by atomic mass is 9.96. The second-order valence-corrected chi connectivity index (χ2v) is 8.57. The van der Waals surface area contributed by atoms with Crippen LogP contribution in [0.25, 0.3) is 16.9 Å². The van der Waals surface area contributed by atoms with E-state index in [1.54, 1.807) is 25.1 Å². The first kappa shape index (κ1) is 21.8. The first-order valence-electron chi connectivity index (χ1n) is 11.3. The molecule has 0 radical (unpaired) electrons. The summed E-state index contributed by atoms with van der Waals surface area (Å²) in [5, 5.41) is 7.97. The summed E-state index contributed by atoms with van der Waals surface area (Å²) in [6.07, 6.45) is 3.91. The Balaban J connectivity index is 1.51. The van der Waals surface area contributed by atoms with Crippen LogP contribution in [0.4, 0.5) is 0 Å². The van der Waals surface area contributed by atoms with Crippen molar-refractivity contribution in [2.24, 2.45) is 0 Å². The summed E-state index contributed by atoms with van der Waals surface area (Å²) in [5.74, 6) is 1.12. The fourth-order valence-corrected chi connectivity index (χ4v) is 4.31. The lowest BCUT2D eigenvalue weighted by molar-refractivity contribution is 0.0950. The average Bonchev–Trinajstić information content (AvgIpc) is 3.57. The molecule has 0 bridgehead atoms. The highest BCUT2D eigenvalue weighted by Gasteiger charge is 2.44. The number of hydrogen-bond donors (Lipinski definition) is 1. The summed E-state index contributed by atoms with van der Waals surface area (Å²) in [7, 11) is 3.22. The SMILES string of the molecule is COc1ccc(OC)c(-c2nn(-c3ccccc3)cc2C(=O)NCC2(c3ccccc3)CC2)c1. The van der Waals surface area contributed by atoms with E-state index >= 15 is 0 Å². The number of nitrogens with one attached hydrogen (secondary N) is 1. The molecular weight excluding hydrogens is 426 g/mol. The number of aromatic nitrogens is 2. The van der Waals surface area contributed by atoms with Gasteiger partial charge in [0.1, 0.15) is 17.2 Å². The normalized spacial score (nSPS) is 13.8. The smallest absolute Gasteiger partial charge is 0.255 e. The number of carbonyl (C=O) groups excluding carboxylic acids is 1. The molecule has 1 aromatic heterocycles. The number of methoxy groups -OCH3 is 2. The fraction of sp³-hybridized carbons (Fsp3) is 0.214. The van der Waals surface area contributed by atoms with E-state index in [9.17, 15) is 4.79 Å². The van der Waals surface area contributed by atoms with Crippen LogP contribution in [0.15, 0.2) is 85.1 Å². The third kappa shape index (κ3) is 4.15. The highest BCUT2D eigenvalue weighted by atomic mass is 16.5. The molecule has 1 amide bonds. The van der Waals surface area contributed by atoms with Crippen molar-refractivity contribution in [1.82, 2.24) is 15.1 Å². The van der Waals surface area contributed by atoms with Gasteiger partial charge in [0.05, 0.1) is 25.5 Å². The number of benzene rings is 3. The first-order chi connectivity index (χ1) is 16.6. The van der Waals surface area contributed by atoms with Gasteiger partial charge in [0, 0.05) is 23.7 Å². The van der Waals surface area contributed by atoms with Crippen molar-refractivity contribution in [3.05, 3.63) is 96.2 Å². The molecule has 1 fully saturated rings. The summed E-state index contributed by atoms with van der Waals surface area (Å²) in [5.41, 5.74) is 3.88. The monoisotopic (exact) mass is 453 g/mol. The van der Waals surface area contributed by atoms with Crippen LogP contribution in [-0.4, -0.2) is 36.5 Å². The molecule has 4 aromatic rings. The summed E-state index contributed by atoms with van der Waals surface area (Å²) < 4.78 is 12.8. The van der Waals surface area contributed by atoms with Gasteiger partial charge in [0.15, 0.2) is 0 Å². The Morgan fingerprint density at radius 3 is 2.32 bits per heavy atom. The lowest BCUT2D eigenvalue weighted by Crippen LogP contribution is -2.32. The van der Waals surface area contributed by atoms with Gasteiger partial charge >= 0.3 is 0 Å². The van der Waals surface area contributed by atoms with Gasteiger partial charge in [-0.05, 0) is 48.7 Å². The van der Waals surface area contributed by atoms with Gasteiger partial charge in [-0.25, -0.2) is 4.68 Å². The molecule has 0 unspecified atom stereocenters. The number of para-hydroxylation sites is 1. The molecule has 6 nitrogen and oxygen atoms in total. The number of rotatable bonds is 8. The zero-order valence-electron chi connectivity index (χ0n) is 19.3. The number of carbonyl (C=O) groups is 1. The van der Waals surface area contributed by atoms with Gasteiger partial charge in [-0.1, -0.05) is 48.5 Å². The standard InChI is InChI=1S/C28H27N3O3/c1-33-22-13-14-25(34-2)23(17-22)26-24(18-31(30-26)21-11-7-4-8-12-21)27(32)29-19-28(15-16-28)20-9-5-3-6-10-20/h3-14,17-18H,15-16,19H2,1-2H3,(H,29,32). The molecule has 5 rings (SSSR count). The molecule has 6 heteroatoms. The van der Waals surface area contributed by atoms with Crippen LogP contribution >= 0.6 is 0 Å². The molecule has 0 atom stereocenters. The first-order valence-corrected chi connectivity index (χ1v) is 11.3. The van der Waals surface area contributed by atoms with E-state index in [1.165, 1.54) is 5.56 Å². The molecule has 0 saturated heterocycles. The highest BCUT2D eigenvalue weighted by Crippen LogP contribution is 2.47. The number of hydrogen-bond acceptors (Lipinski definition) is 4. The Morgan fingerprint density at radius 2 is 1.68 bits per heavy atom. The van der Waals surface area contributed by atoms with E-state index in [0.717, 1.165) is 18.5 Å². The second kappa shape index (κ2) is 9.06. The summed E-state index contributed by atoms with van der Waals surface area (Å²) in [6.45, 7) is 0.584. The Bertz CT molecular complexity index is 1300. The molecule has 3 aromatic carbocycles. The van der Waals surface area contributed by atoms with Crippen molar-refractivity contribution in [1.29, 1.82) is 0 Å². The van der Waals surface area contributed by atoms with Gasteiger partial charge in [-0.2, -0.15) is 5.10 Å². The van der Waals surface area contributed by atoms with Crippen molar-refractivity contribution in [3.63, 3.8) is 0 Å². The molecule has 1 aliphatic carbocycles. The van der Waals surface area contributed by atoms with Crippen LogP contribution in [0, 0.1) is 0 Å². The fourth-order valence-electron chi connectivity index (χ4n) is 4.31. The zero-order chi connectivity index (χ0) is 23.5. The van der Waals surface area contributed by atoms with Crippen molar-refractivity contribution in [3.8, 4) is 28.4 Å². The molecule has 1 N–H and O–H groups in total. The lowest BCUT2D eigenvalue weighted by Gasteiger charge is -2.16. The number of amides is 1. The number of ether oxygens (including phenoxy) is 2. The molecule has 172 valence electrons. The highest BCUT2D eigenvalue weighted by molar-refractivity contribution is 6.00. The molecule has 1 heterocycles. The third-order valence-corrected chi connectivity index (χ3v) is 6.47. The molecule has 0 aliphatic heterocycles. The maximum absolute atomic E-state index is 13.5. The van der Waals surface area contributed by atoms with Gasteiger partial charge in [0.2, 0.25) is 0 Å². The van der Waals surface area contributed by atoms with Crippen molar-refractivity contribution in [2.75, 3.05) is 20.8 Å². The minimum atomic E-state index is -0.163.